The molecule has 0 aliphatic heterocycles. The number of allylic oxidation sites excluding steroid dienone is 2. The average Bonchev–Trinajstić information content (AvgIpc) is 2.74. The minimum atomic E-state index is -2.20. The number of benzene rings is 3. The van der Waals surface area contributed by atoms with Crippen LogP contribution < -0.4 is 15.9 Å². The van der Waals surface area contributed by atoms with Gasteiger partial charge in [-0.15, -0.1) is 0 Å². The molecule has 0 radical (unpaired) electrons. The van der Waals surface area contributed by atoms with Gasteiger partial charge in [0.05, 0.1) is 0 Å². The van der Waals surface area contributed by atoms with Crippen molar-refractivity contribution < 1.29 is 4.79 Å². The Morgan fingerprint density at radius 2 is 1.18 bits per heavy atom. The number of ketones is 1. The highest BCUT2D eigenvalue weighted by Crippen LogP contribution is 2.43. The number of carbonyl (C=O) groups is 1. The van der Waals surface area contributed by atoms with E-state index < -0.39 is 6.89 Å². The molecule has 0 saturated heterocycles. The molecule has 0 N–H and O–H groups in total. The summed E-state index contributed by atoms with van der Waals surface area (Å²) in [6.07, 6.45) is 3.02. The molecule has 0 unspecified atom stereocenters. The van der Waals surface area contributed by atoms with Crippen LogP contribution in [0.15, 0.2) is 102 Å². The molecule has 1 nitrogen and oxygen atoms in total. The van der Waals surface area contributed by atoms with Crippen LogP contribution in [0.2, 0.25) is 0 Å². The topological polar surface area (TPSA) is 17.1 Å². The van der Waals surface area contributed by atoms with Crippen molar-refractivity contribution in [3.63, 3.8) is 0 Å². The molecule has 3 aromatic carbocycles. The first-order valence-electron chi connectivity index (χ1n) is 9.39. The van der Waals surface area contributed by atoms with Gasteiger partial charge in [0.15, 0.2) is 5.78 Å². The minimum Gasteiger partial charge on any atom is -0.295 e. The van der Waals surface area contributed by atoms with Crippen molar-refractivity contribution in [2.45, 2.75) is 19.8 Å². The number of Topliss-reactive ketones (excluding diaryl/α,β-unsaturated/α-hetero) is 1. The highest BCUT2D eigenvalue weighted by Gasteiger charge is 2.25. The first kappa shape index (κ1) is 20.4. The summed E-state index contributed by atoms with van der Waals surface area (Å²) in [4.78, 5) is 13.1. The Balaban J connectivity index is 2.24. The molecule has 0 amide bonds. The van der Waals surface area contributed by atoms with Crippen molar-refractivity contribution >= 4 is 46.0 Å². The monoisotopic (exact) mass is 406 g/mol. The maximum absolute atomic E-state index is 13.1. The number of carbonyl (C=O) groups excluding carboxylic acids is 1. The molecule has 0 atom stereocenters. The van der Waals surface area contributed by atoms with Crippen molar-refractivity contribution in [1.82, 2.24) is 0 Å². The van der Waals surface area contributed by atoms with Crippen molar-refractivity contribution in [2.24, 2.45) is 0 Å². The second-order valence-electron chi connectivity index (χ2n) is 6.65. The van der Waals surface area contributed by atoms with Crippen LogP contribution in [0.3, 0.4) is 0 Å². The maximum atomic E-state index is 13.1. The smallest absolute Gasteiger partial charge is 0.157 e. The van der Waals surface area contributed by atoms with Gasteiger partial charge in [-0.3, -0.25) is 4.79 Å². The highest BCUT2D eigenvalue weighted by atomic mass is 35.5. The molecule has 0 fully saturated rings. The summed E-state index contributed by atoms with van der Waals surface area (Å²) >= 11 is 5.93. The summed E-state index contributed by atoms with van der Waals surface area (Å²) in [5, 5.41) is 4.28. The molecular weight excluding hydrogens is 383 g/mol. The molecule has 0 saturated carbocycles. The highest BCUT2D eigenvalue weighted by molar-refractivity contribution is 7.95. The van der Waals surface area contributed by atoms with E-state index in [0.29, 0.717) is 12.8 Å². The van der Waals surface area contributed by atoms with Gasteiger partial charge in [-0.1, -0.05) is 109 Å². The van der Waals surface area contributed by atoms with Gasteiger partial charge in [0.2, 0.25) is 0 Å². The van der Waals surface area contributed by atoms with Crippen LogP contribution in [0, 0.1) is 0 Å². The Kier molecular flexibility index (Phi) is 7.09. The molecule has 0 heterocycles. The van der Waals surface area contributed by atoms with E-state index in [-0.39, 0.29) is 5.78 Å². The van der Waals surface area contributed by atoms with Crippen molar-refractivity contribution in [2.75, 3.05) is 0 Å². The fourth-order valence-electron chi connectivity index (χ4n) is 3.35. The van der Waals surface area contributed by atoms with Crippen LogP contribution in [0.4, 0.5) is 0 Å². The molecule has 142 valence electrons. The predicted octanol–water partition coefficient (Wildman–Crippen LogP) is 5.27. The Morgan fingerprint density at radius 3 is 1.54 bits per heavy atom. The van der Waals surface area contributed by atoms with Gasteiger partial charge >= 0.3 is 0 Å². The van der Waals surface area contributed by atoms with E-state index in [1.54, 1.807) is 0 Å². The average molecular weight is 407 g/mol. The number of halogens is 1. The van der Waals surface area contributed by atoms with Gasteiger partial charge in [0, 0.05) is 11.5 Å². The molecule has 0 aromatic heterocycles. The summed E-state index contributed by atoms with van der Waals surface area (Å²) in [7, 11) is 0. The first-order valence-corrected chi connectivity index (χ1v) is 11.6. The summed E-state index contributed by atoms with van der Waals surface area (Å²) < 4.78 is 0. The van der Waals surface area contributed by atoms with Crippen molar-refractivity contribution in [1.29, 1.82) is 0 Å². The van der Waals surface area contributed by atoms with Crippen LogP contribution in [0.1, 0.15) is 19.8 Å². The van der Waals surface area contributed by atoms with Crippen LogP contribution in [0.25, 0.3) is 0 Å². The third-order valence-corrected chi connectivity index (χ3v) is 8.81. The second kappa shape index (κ2) is 9.73. The molecule has 0 aliphatic carbocycles. The third kappa shape index (κ3) is 4.73. The lowest BCUT2D eigenvalue weighted by Gasteiger charge is -2.28. The fourth-order valence-corrected chi connectivity index (χ4v) is 7.29. The summed E-state index contributed by atoms with van der Waals surface area (Å²) in [5.74, 6) is 2.14. The SMILES string of the molecule is CC(Cl)=CCCC(=O)C=P(c1ccccc1)(c1ccccc1)c1ccccc1. The van der Waals surface area contributed by atoms with E-state index in [0.717, 1.165) is 5.03 Å². The summed E-state index contributed by atoms with van der Waals surface area (Å²) in [5.41, 5.74) is 0. The standard InChI is InChI=1S/C25H24ClOP/c1-21(26)12-11-13-22(27)20-28(23-14-5-2-6-15-23,24-16-7-3-8-17-24)25-18-9-4-10-19-25/h2-10,12,14-20H,11,13H2,1H3. The van der Waals surface area contributed by atoms with Crippen LogP contribution >= 0.6 is 18.5 Å². The van der Waals surface area contributed by atoms with Gasteiger partial charge in [0.25, 0.3) is 0 Å². The van der Waals surface area contributed by atoms with Gasteiger partial charge in [-0.05, 0) is 41.9 Å². The number of hydrogen-bond donors (Lipinski definition) is 0. The zero-order valence-corrected chi connectivity index (χ0v) is 17.6. The lowest BCUT2D eigenvalue weighted by Crippen LogP contribution is -2.28. The number of rotatable bonds is 7. The minimum absolute atomic E-state index is 0.152. The quantitative estimate of drug-likeness (QED) is 0.488. The molecule has 3 aromatic rings. The van der Waals surface area contributed by atoms with Crippen LogP contribution in [-0.4, -0.2) is 11.6 Å². The Bertz CT molecular complexity index is 885. The molecule has 3 rings (SSSR count). The van der Waals surface area contributed by atoms with Crippen molar-refractivity contribution in [3.05, 3.63) is 102 Å². The zero-order chi connectivity index (χ0) is 19.8. The third-order valence-electron chi connectivity index (χ3n) is 4.64. The van der Waals surface area contributed by atoms with Gasteiger partial charge in [0.1, 0.15) is 0 Å². The normalized spacial score (nSPS) is 11.9. The summed E-state index contributed by atoms with van der Waals surface area (Å²) in [6.45, 7) is -0.363. The molecule has 3 heteroatoms. The van der Waals surface area contributed by atoms with E-state index in [1.807, 2.05) is 73.4 Å². The maximum Gasteiger partial charge on any atom is 0.157 e. The van der Waals surface area contributed by atoms with Crippen LogP contribution in [-0.2, 0) is 4.79 Å². The first-order chi connectivity index (χ1) is 13.6. The molecule has 0 bridgehead atoms. The number of hydrogen-bond acceptors (Lipinski definition) is 1. The Hall–Kier alpha value is -2.34. The Morgan fingerprint density at radius 1 is 0.786 bits per heavy atom. The van der Waals surface area contributed by atoms with E-state index in [9.17, 15) is 4.79 Å². The van der Waals surface area contributed by atoms with Crippen LogP contribution in [0.5, 0.6) is 0 Å². The van der Waals surface area contributed by atoms with E-state index in [4.69, 9.17) is 11.6 Å². The fraction of sp³-hybridized carbons (Fsp3) is 0.120. The van der Waals surface area contributed by atoms with E-state index in [1.165, 1.54) is 15.9 Å². The molecular formula is C25H24ClOP. The Labute approximate surface area is 172 Å². The molecule has 0 spiro atoms. The summed E-state index contributed by atoms with van der Waals surface area (Å²) in [6, 6.07) is 31.2. The van der Waals surface area contributed by atoms with Gasteiger partial charge < -0.3 is 0 Å². The lowest BCUT2D eigenvalue weighted by atomic mass is 10.2. The second-order valence-corrected chi connectivity index (χ2v) is 10.5. The zero-order valence-electron chi connectivity index (χ0n) is 16.0. The largest absolute Gasteiger partial charge is 0.295 e. The predicted molar refractivity (Wildman–Crippen MR) is 125 cm³/mol. The molecule has 28 heavy (non-hydrogen) atoms. The van der Waals surface area contributed by atoms with Gasteiger partial charge in [-0.2, -0.15) is 0 Å². The molecule has 0 aliphatic rings. The van der Waals surface area contributed by atoms with E-state index in [2.05, 4.69) is 36.4 Å². The lowest BCUT2D eigenvalue weighted by molar-refractivity contribution is -0.112. The van der Waals surface area contributed by atoms with Crippen molar-refractivity contribution in [3.8, 4) is 0 Å². The van der Waals surface area contributed by atoms with E-state index >= 15 is 0 Å². The van der Waals surface area contributed by atoms with Gasteiger partial charge in [-0.25, -0.2) is 0 Å².